The summed E-state index contributed by atoms with van der Waals surface area (Å²) in [5.74, 6) is 0.196. The van der Waals surface area contributed by atoms with Gasteiger partial charge in [0.1, 0.15) is 5.75 Å². The molecule has 1 aromatic heterocycles. The molecule has 1 rings (SSSR count). The van der Waals surface area contributed by atoms with Gasteiger partial charge in [-0.1, -0.05) is 0 Å². The topological polar surface area (TPSA) is 65.4 Å². The molecule has 0 bridgehead atoms. The molecule has 4 heteroatoms. The Morgan fingerprint density at radius 1 is 1.20 bits per heavy atom. The number of hydrogen-bond acceptors (Lipinski definition) is 4. The molecule has 0 saturated carbocycles. The van der Waals surface area contributed by atoms with E-state index in [0.29, 0.717) is 0 Å². The Kier molecular flexibility index (Phi) is 5.73. The summed E-state index contributed by atoms with van der Waals surface area (Å²) in [4.78, 5) is 4.06. The van der Waals surface area contributed by atoms with Crippen molar-refractivity contribution in [2.45, 2.75) is 25.8 Å². The third kappa shape index (κ3) is 5.34. The van der Waals surface area contributed by atoms with Gasteiger partial charge in [0.2, 0.25) is 0 Å². The van der Waals surface area contributed by atoms with Gasteiger partial charge in [-0.3, -0.25) is 4.98 Å². The molecule has 1 heterocycles. The second-order valence-corrected chi connectivity index (χ2v) is 3.47. The number of unbranched alkanes of at least 4 members (excludes halogenated alkanes) is 2. The number of nitrogens with zero attached hydrogens (tertiary/aromatic N) is 1. The fraction of sp³-hybridized carbons (Fsp3) is 0.545. The van der Waals surface area contributed by atoms with E-state index in [0.717, 1.165) is 38.0 Å². The van der Waals surface area contributed by atoms with E-state index in [1.165, 1.54) is 6.20 Å². The number of aromatic hydroxyl groups is 1. The summed E-state index contributed by atoms with van der Waals surface area (Å²) in [7, 11) is 0. The fourth-order valence-electron chi connectivity index (χ4n) is 1.28. The molecule has 0 amide bonds. The molecule has 0 unspecified atom stereocenters. The van der Waals surface area contributed by atoms with Crippen molar-refractivity contribution in [3.8, 4) is 5.75 Å². The molecule has 1 aromatic rings. The lowest BCUT2D eigenvalue weighted by atomic mass is 10.2. The number of hydrogen-bond donors (Lipinski definition) is 3. The Morgan fingerprint density at radius 2 is 2.07 bits per heavy atom. The average Bonchev–Trinajstić information content (AvgIpc) is 2.26. The number of aliphatic hydroxyl groups excluding tert-OH is 1. The Bertz CT molecular complexity index is 262. The molecule has 0 aliphatic rings. The van der Waals surface area contributed by atoms with Crippen LogP contribution in [0.4, 0.5) is 0 Å². The van der Waals surface area contributed by atoms with Gasteiger partial charge in [-0.05, 0) is 37.9 Å². The molecule has 0 aromatic carbocycles. The van der Waals surface area contributed by atoms with E-state index in [4.69, 9.17) is 10.2 Å². The first-order chi connectivity index (χ1) is 7.33. The average molecular weight is 210 g/mol. The first-order valence-electron chi connectivity index (χ1n) is 5.28. The zero-order valence-corrected chi connectivity index (χ0v) is 8.82. The Labute approximate surface area is 90.0 Å². The van der Waals surface area contributed by atoms with Gasteiger partial charge in [-0.15, -0.1) is 0 Å². The van der Waals surface area contributed by atoms with E-state index in [-0.39, 0.29) is 12.4 Å². The quantitative estimate of drug-likeness (QED) is 0.588. The lowest BCUT2D eigenvalue weighted by Crippen LogP contribution is -2.15. The van der Waals surface area contributed by atoms with Crippen molar-refractivity contribution < 1.29 is 10.2 Å². The largest absolute Gasteiger partial charge is 0.506 e. The summed E-state index contributed by atoms with van der Waals surface area (Å²) in [5, 5.41) is 20.8. The van der Waals surface area contributed by atoms with E-state index in [1.807, 2.05) is 0 Å². The summed E-state index contributed by atoms with van der Waals surface area (Å²) >= 11 is 0. The normalized spacial score (nSPS) is 10.5. The Hall–Kier alpha value is -1.13. The predicted molar refractivity (Wildman–Crippen MR) is 58.5 cm³/mol. The summed E-state index contributed by atoms with van der Waals surface area (Å²) < 4.78 is 0. The van der Waals surface area contributed by atoms with E-state index in [1.54, 1.807) is 12.1 Å². The van der Waals surface area contributed by atoms with E-state index < -0.39 is 0 Å². The number of rotatable bonds is 7. The van der Waals surface area contributed by atoms with E-state index >= 15 is 0 Å². The molecule has 0 aliphatic heterocycles. The van der Waals surface area contributed by atoms with Crippen LogP contribution in [-0.4, -0.2) is 28.3 Å². The van der Waals surface area contributed by atoms with Crippen LogP contribution in [-0.2, 0) is 6.54 Å². The zero-order valence-electron chi connectivity index (χ0n) is 8.82. The molecule has 0 radical (unpaired) electrons. The molecule has 0 spiro atoms. The fourth-order valence-corrected chi connectivity index (χ4v) is 1.28. The number of aromatic nitrogens is 1. The Morgan fingerprint density at radius 3 is 2.73 bits per heavy atom. The molecule has 3 N–H and O–H groups in total. The summed E-state index contributed by atoms with van der Waals surface area (Å²) in [6.45, 7) is 1.93. The smallest absolute Gasteiger partial charge is 0.133 e. The molecule has 4 nitrogen and oxygen atoms in total. The number of pyridine rings is 1. The van der Waals surface area contributed by atoms with Gasteiger partial charge < -0.3 is 15.5 Å². The second kappa shape index (κ2) is 7.20. The van der Waals surface area contributed by atoms with Crippen LogP contribution in [0.2, 0.25) is 0 Å². The van der Waals surface area contributed by atoms with Crippen LogP contribution >= 0.6 is 0 Å². The minimum Gasteiger partial charge on any atom is -0.506 e. The van der Waals surface area contributed by atoms with Crippen LogP contribution < -0.4 is 5.32 Å². The molecule has 0 saturated heterocycles. The van der Waals surface area contributed by atoms with Crippen LogP contribution in [0.25, 0.3) is 0 Å². The van der Waals surface area contributed by atoms with Crippen molar-refractivity contribution in [1.29, 1.82) is 0 Å². The highest BCUT2D eigenvalue weighted by atomic mass is 16.3. The van der Waals surface area contributed by atoms with Crippen molar-refractivity contribution in [2.75, 3.05) is 13.2 Å². The third-order valence-electron chi connectivity index (χ3n) is 2.13. The molecule has 0 atom stereocenters. The number of aliphatic hydroxyl groups is 1. The monoisotopic (exact) mass is 210 g/mol. The van der Waals surface area contributed by atoms with Crippen molar-refractivity contribution in [2.24, 2.45) is 0 Å². The highest BCUT2D eigenvalue weighted by molar-refractivity contribution is 5.17. The standard InChI is InChI=1S/C11H18N2O2/c14-7-3-1-2-6-12-8-10-4-5-11(15)9-13-10/h4-5,9,12,14-15H,1-3,6-8H2. The highest BCUT2D eigenvalue weighted by Gasteiger charge is 1.94. The van der Waals surface area contributed by atoms with Crippen molar-refractivity contribution in [3.05, 3.63) is 24.0 Å². The maximum atomic E-state index is 9.02. The molecule has 0 fully saturated rings. The first-order valence-corrected chi connectivity index (χ1v) is 5.28. The summed E-state index contributed by atoms with van der Waals surface area (Å²) in [6.07, 6.45) is 4.44. The van der Waals surface area contributed by atoms with Gasteiger partial charge in [0.15, 0.2) is 0 Å². The van der Waals surface area contributed by atoms with Gasteiger partial charge in [-0.25, -0.2) is 0 Å². The minimum atomic E-state index is 0.196. The van der Waals surface area contributed by atoms with Crippen LogP contribution in [0, 0.1) is 0 Å². The Balaban J connectivity index is 2.07. The van der Waals surface area contributed by atoms with Gasteiger partial charge in [-0.2, -0.15) is 0 Å². The summed E-state index contributed by atoms with van der Waals surface area (Å²) in [5.41, 5.74) is 0.926. The molecule has 15 heavy (non-hydrogen) atoms. The van der Waals surface area contributed by atoms with Gasteiger partial charge in [0.05, 0.1) is 11.9 Å². The SMILES string of the molecule is OCCCCCNCc1ccc(O)cn1. The van der Waals surface area contributed by atoms with Gasteiger partial charge in [0, 0.05) is 13.2 Å². The molecule has 0 aliphatic carbocycles. The third-order valence-corrected chi connectivity index (χ3v) is 2.13. The molecule has 84 valence electrons. The first kappa shape index (κ1) is 11.9. The minimum absolute atomic E-state index is 0.196. The highest BCUT2D eigenvalue weighted by Crippen LogP contribution is 2.05. The molecular weight excluding hydrogens is 192 g/mol. The summed E-state index contributed by atoms with van der Waals surface area (Å²) in [6, 6.07) is 3.44. The predicted octanol–water partition coefficient (Wildman–Crippen LogP) is 1.04. The lowest BCUT2D eigenvalue weighted by molar-refractivity contribution is 0.283. The lowest BCUT2D eigenvalue weighted by Gasteiger charge is -2.03. The van der Waals surface area contributed by atoms with Crippen molar-refractivity contribution >= 4 is 0 Å². The second-order valence-electron chi connectivity index (χ2n) is 3.47. The maximum absolute atomic E-state index is 9.02. The van der Waals surface area contributed by atoms with Crippen molar-refractivity contribution in [1.82, 2.24) is 10.3 Å². The van der Waals surface area contributed by atoms with Gasteiger partial charge in [0.25, 0.3) is 0 Å². The van der Waals surface area contributed by atoms with Gasteiger partial charge >= 0.3 is 0 Å². The van der Waals surface area contributed by atoms with Crippen LogP contribution in [0.5, 0.6) is 5.75 Å². The van der Waals surface area contributed by atoms with Crippen molar-refractivity contribution in [3.63, 3.8) is 0 Å². The zero-order chi connectivity index (χ0) is 10.9. The maximum Gasteiger partial charge on any atom is 0.133 e. The van der Waals surface area contributed by atoms with Crippen LogP contribution in [0.1, 0.15) is 25.0 Å². The van der Waals surface area contributed by atoms with Crippen LogP contribution in [0.3, 0.4) is 0 Å². The number of nitrogens with one attached hydrogen (secondary N) is 1. The van der Waals surface area contributed by atoms with E-state index in [9.17, 15) is 0 Å². The molecular formula is C11H18N2O2. The van der Waals surface area contributed by atoms with E-state index in [2.05, 4.69) is 10.3 Å². The van der Waals surface area contributed by atoms with Crippen LogP contribution in [0.15, 0.2) is 18.3 Å².